The lowest BCUT2D eigenvalue weighted by atomic mass is 10.3. The minimum absolute atomic E-state index is 0.0894. The molecule has 1 aromatic carbocycles. The number of methoxy groups -OCH3 is 1. The van der Waals surface area contributed by atoms with Crippen molar-refractivity contribution in [1.82, 2.24) is 4.31 Å². The average molecular weight is 291 g/mol. The summed E-state index contributed by atoms with van der Waals surface area (Å²) in [6, 6.07) is 4.35. The second kappa shape index (κ2) is 5.05. The molecule has 0 aromatic heterocycles. The van der Waals surface area contributed by atoms with Gasteiger partial charge in [0.15, 0.2) is 0 Å². The zero-order chi connectivity index (χ0) is 13.3. The number of hydrogen-bond donors (Lipinski definition) is 1. The maximum atomic E-state index is 12.3. The molecule has 1 fully saturated rings. The summed E-state index contributed by atoms with van der Waals surface area (Å²) in [5, 5.41) is 0.280. The lowest BCUT2D eigenvalue weighted by Gasteiger charge is -2.16. The van der Waals surface area contributed by atoms with E-state index < -0.39 is 10.0 Å². The summed E-state index contributed by atoms with van der Waals surface area (Å²) in [6.45, 7) is 0.805. The molecule has 18 heavy (non-hydrogen) atoms. The molecule has 0 radical (unpaired) electrons. The molecule has 1 aliphatic rings. The second-order valence-corrected chi connectivity index (χ2v) is 6.55. The van der Waals surface area contributed by atoms with E-state index in [-0.39, 0.29) is 16.0 Å². The van der Waals surface area contributed by atoms with Gasteiger partial charge in [-0.15, -0.1) is 0 Å². The molecule has 1 atom stereocenters. The van der Waals surface area contributed by atoms with Gasteiger partial charge in [-0.1, -0.05) is 11.6 Å². The Bertz CT molecular complexity index is 547. The molecule has 2 rings (SSSR count). The van der Waals surface area contributed by atoms with Gasteiger partial charge < -0.3 is 10.5 Å². The van der Waals surface area contributed by atoms with Crippen LogP contribution in [0.25, 0.3) is 0 Å². The van der Waals surface area contributed by atoms with E-state index in [1.54, 1.807) is 6.07 Å². The Hall–Kier alpha value is -0.820. The van der Waals surface area contributed by atoms with Crippen LogP contribution in [-0.2, 0) is 10.0 Å². The van der Waals surface area contributed by atoms with Gasteiger partial charge in [-0.2, -0.15) is 4.31 Å². The van der Waals surface area contributed by atoms with Crippen LogP contribution >= 0.6 is 11.6 Å². The first-order valence-corrected chi connectivity index (χ1v) is 7.36. The quantitative estimate of drug-likeness (QED) is 0.904. The summed E-state index contributed by atoms with van der Waals surface area (Å²) >= 11 is 5.94. The van der Waals surface area contributed by atoms with Gasteiger partial charge >= 0.3 is 0 Å². The van der Waals surface area contributed by atoms with Crippen molar-refractivity contribution in [1.29, 1.82) is 0 Å². The third-order valence-electron chi connectivity index (χ3n) is 2.95. The number of hydrogen-bond acceptors (Lipinski definition) is 4. The molecule has 1 aromatic rings. The predicted octanol–water partition coefficient (Wildman–Crippen LogP) is 1.07. The smallest absolute Gasteiger partial charge is 0.243 e. The number of benzene rings is 1. The summed E-state index contributed by atoms with van der Waals surface area (Å²) in [7, 11) is -2.02. The van der Waals surface area contributed by atoms with E-state index in [4.69, 9.17) is 22.1 Å². The summed E-state index contributed by atoms with van der Waals surface area (Å²) in [5.74, 6) is 0.453. The Morgan fingerprint density at radius 3 is 2.72 bits per heavy atom. The first-order chi connectivity index (χ1) is 8.45. The fourth-order valence-electron chi connectivity index (χ4n) is 1.93. The minimum Gasteiger partial charge on any atom is -0.495 e. The van der Waals surface area contributed by atoms with Crippen LogP contribution in [0, 0.1) is 0 Å². The van der Waals surface area contributed by atoms with E-state index in [2.05, 4.69) is 0 Å². The highest BCUT2D eigenvalue weighted by molar-refractivity contribution is 7.89. The topological polar surface area (TPSA) is 72.6 Å². The second-order valence-electron chi connectivity index (χ2n) is 4.21. The molecule has 1 saturated heterocycles. The van der Waals surface area contributed by atoms with E-state index in [0.29, 0.717) is 25.3 Å². The van der Waals surface area contributed by atoms with Gasteiger partial charge in [-0.25, -0.2) is 8.42 Å². The SMILES string of the molecule is COc1ccc(S(=O)(=O)N2CC[C@@H](N)C2)cc1Cl. The molecule has 7 heteroatoms. The normalized spacial score (nSPS) is 21.2. The average Bonchev–Trinajstić information content (AvgIpc) is 2.76. The molecule has 1 heterocycles. The van der Waals surface area contributed by atoms with Crippen LogP contribution < -0.4 is 10.5 Å². The number of rotatable bonds is 3. The number of nitrogens with zero attached hydrogens (tertiary/aromatic N) is 1. The first-order valence-electron chi connectivity index (χ1n) is 5.54. The van der Waals surface area contributed by atoms with Gasteiger partial charge in [-0.3, -0.25) is 0 Å². The maximum absolute atomic E-state index is 12.3. The van der Waals surface area contributed by atoms with Crippen molar-refractivity contribution in [2.75, 3.05) is 20.2 Å². The molecule has 5 nitrogen and oxygen atoms in total. The third kappa shape index (κ3) is 2.47. The van der Waals surface area contributed by atoms with Crippen molar-refractivity contribution in [3.8, 4) is 5.75 Å². The Morgan fingerprint density at radius 2 is 2.22 bits per heavy atom. The van der Waals surface area contributed by atoms with Crippen molar-refractivity contribution in [2.24, 2.45) is 5.73 Å². The Kier molecular flexibility index (Phi) is 3.82. The molecule has 0 aliphatic carbocycles. The van der Waals surface area contributed by atoms with E-state index in [1.165, 1.54) is 23.5 Å². The number of halogens is 1. The van der Waals surface area contributed by atoms with Crippen LogP contribution in [0.15, 0.2) is 23.1 Å². The number of nitrogens with two attached hydrogens (primary N) is 1. The fraction of sp³-hybridized carbons (Fsp3) is 0.455. The first kappa shape index (κ1) is 13.6. The van der Waals surface area contributed by atoms with Gasteiger partial charge in [0.1, 0.15) is 5.75 Å². The van der Waals surface area contributed by atoms with Crippen LogP contribution in [0.1, 0.15) is 6.42 Å². The Balaban J connectivity index is 2.33. The number of sulfonamides is 1. The zero-order valence-corrected chi connectivity index (χ0v) is 11.5. The van der Waals surface area contributed by atoms with Crippen molar-refractivity contribution in [3.63, 3.8) is 0 Å². The van der Waals surface area contributed by atoms with Crippen molar-refractivity contribution in [2.45, 2.75) is 17.4 Å². The van der Waals surface area contributed by atoms with Gasteiger partial charge in [0.05, 0.1) is 17.0 Å². The fourth-order valence-corrected chi connectivity index (χ4v) is 3.79. The molecule has 2 N–H and O–H groups in total. The van der Waals surface area contributed by atoms with Gasteiger partial charge in [0, 0.05) is 19.1 Å². The summed E-state index contributed by atoms with van der Waals surface area (Å²) in [6.07, 6.45) is 0.684. The summed E-state index contributed by atoms with van der Waals surface area (Å²) in [5.41, 5.74) is 5.72. The molecule has 0 unspecified atom stereocenters. The molecule has 0 amide bonds. The van der Waals surface area contributed by atoms with E-state index in [0.717, 1.165) is 0 Å². The van der Waals surface area contributed by atoms with Crippen LogP contribution in [0.3, 0.4) is 0 Å². The molecule has 0 spiro atoms. The third-order valence-corrected chi connectivity index (χ3v) is 5.10. The standard InChI is InChI=1S/C11H15ClN2O3S/c1-17-11-3-2-9(6-10(11)12)18(15,16)14-5-4-8(13)7-14/h2-3,6,8H,4-5,7,13H2,1H3/t8-/m1/s1. The van der Waals surface area contributed by atoms with Crippen molar-refractivity contribution < 1.29 is 13.2 Å². The monoisotopic (exact) mass is 290 g/mol. The van der Waals surface area contributed by atoms with Crippen molar-refractivity contribution in [3.05, 3.63) is 23.2 Å². The molecule has 100 valence electrons. The lowest BCUT2D eigenvalue weighted by molar-refractivity contribution is 0.414. The number of ether oxygens (including phenoxy) is 1. The highest BCUT2D eigenvalue weighted by Crippen LogP contribution is 2.29. The van der Waals surface area contributed by atoms with E-state index in [1.807, 2.05) is 0 Å². The van der Waals surface area contributed by atoms with Crippen molar-refractivity contribution >= 4 is 21.6 Å². The van der Waals surface area contributed by atoms with Crippen LogP contribution in [0.2, 0.25) is 5.02 Å². The Labute approximate surface area is 112 Å². The van der Waals surface area contributed by atoms with Gasteiger partial charge in [-0.05, 0) is 24.6 Å². The highest BCUT2D eigenvalue weighted by atomic mass is 35.5. The molecule has 0 saturated carbocycles. The van der Waals surface area contributed by atoms with Gasteiger partial charge in [0.25, 0.3) is 0 Å². The molecular formula is C11H15ClN2O3S. The van der Waals surface area contributed by atoms with Crippen LogP contribution in [-0.4, -0.2) is 39.0 Å². The largest absolute Gasteiger partial charge is 0.495 e. The van der Waals surface area contributed by atoms with Crippen LogP contribution in [0.4, 0.5) is 0 Å². The minimum atomic E-state index is -3.51. The molecule has 0 bridgehead atoms. The maximum Gasteiger partial charge on any atom is 0.243 e. The molecule has 1 aliphatic heterocycles. The summed E-state index contributed by atoms with van der Waals surface area (Å²) in [4.78, 5) is 0.169. The van der Waals surface area contributed by atoms with E-state index >= 15 is 0 Å². The summed E-state index contributed by atoms with van der Waals surface area (Å²) < 4.78 is 31.0. The predicted molar refractivity (Wildman–Crippen MR) is 69.4 cm³/mol. The van der Waals surface area contributed by atoms with Crippen LogP contribution in [0.5, 0.6) is 5.75 Å². The Morgan fingerprint density at radius 1 is 1.50 bits per heavy atom. The zero-order valence-electron chi connectivity index (χ0n) is 9.97. The lowest BCUT2D eigenvalue weighted by Crippen LogP contribution is -2.31. The van der Waals surface area contributed by atoms with E-state index in [9.17, 15) is 8.42 Å². The highest BCUT2D eigenvalue weighted by Gasteiger charge is 2.31. The van der Waals surface area contributed by atoms with Gasteiger partial charge in [0.2, 0.25) is 10.0 Å². The molecular weight excluding hydrogens is 276 g/mol.